The van der Waals surface area contributed by atoms with Gasteiger partial charge in [0.25, 0.3) is 11.8 Å². The van der Waals surface area contributed by atoms with Gasteiger partial charge in [-0.2, -0.15) is 0 Å². The summed E-state index contributed by atoms with van der Waals surface area (Å²) in [4.78, 5) is 103. The quantitative estimate of drug-likeness (QED) is 0.139. The van der Waals surface area contributed by atoms with Gasteiger partial charge in [0.2, 0.25) is 11.8 Å². The first-order valence-electron chi connectivity index (χ1n) is 21.1. The second-order valence-corrected chi connectivity index (χ2v) is 15.9. The number of H-pyrrole nitrogens is 2. The number of nitrogens with zero attached hydrogens (tertiary/aromatic N) is 6. The first-order valence-corrected chi connectivity index (χ1v) is 21.1. The number of rotatable bonds is 10. The van der Waals surface area contributed by atoms with Crippen LogP contribution in [0.3, 0.4) is 0 Å². The van der Waals surface area contributed by atoms with Crippen molar-refractivity contribution in [1.29, 1.82) is 0 Å². The monoisotopic (exact) mass is 866 g/mol. The Morgan fingerprint density at radius 1 is 0.609 bits per heavy atom. The maximum Gasteiger partial charge on any atom is 0.407 e. The molecule has 0 saturated carbocycles. The van der Waals surface area contributed by atoms with Gasteiger partial charge >= 0.3 is 12.2 Å². The summed E-state index contributed by atoms with van der Waals surface area (Å²) in [7, 11) is 2.50. The van der Waals surface area contributed by atoms with Crippen molar-refractivity contribution in [3.05, 3.63) is 120 Å². The molecular weight excluding hydrogens is 821 g/mol. The van der Waals surface area contributed by atoms with Gasteiger partial charge in [-0.05, 0) is 73.2 Å². The first-order chi connectivity index (χ1) is 31.1. The normalized spacial score (nSPS) is 18.7. The van der Waals surface area contributed by atoms with Crippen molar-refractivity contribution in [3.63, 3.8) is 0 Å². The fourth-order valence-corrected chi connectivity index (χ4v) is 8.96. The number of anilines is 2. The lowest BCUT2D eigenvalue weighted by molar-refractivity contribution is -0.135. The first kappa shape index (κ1) is 41.6. The summed E-state index contributed by atoms with van der Waals surface area (Å²) in [6.45, 7) is 0.553. The number of aromatic amines is 2. The fourth-order valence-electron chi connectivity index (χ4n) is 8.96. The lowest BCUT2D eigenvalue weighted by atomic mass is 10.1. The maximum absolute atomic E-state index is 14.0. The van der Waals surface area contributed by atoms with E-state index in [1.165, 1.54) is 24.0 Å². The number of alkyl carbamates (subject to hydrolysis) is 2. The number of piperazine rings is 1. The van der Waals surface area contributed by atoms with Crippen LogP contribution in [0.25, 0.3) is 22.1 Å². The molecule has 0 aliphatic carbocycles. The number of fused-ring (bicyclic) bond motifs is 2. The third-order valence-electron chi connectivity index (χ3n) is 12.1. The molecule has 4 aromatic carbocycles. The predicted octanol–water partition coefficient (Wildman–Crippen LogP) is 5.34. The van der Waals surface area contributed by atoms with Crippen molar-refractivity contribution >= 4 is 69.3 Å². The second-order valence-electron chi connectivity index (χ2n) is 15.9. The average molecular weight is 867 g/mol. The molecule has 0 unspecified atom stereocenters. The zero-order chi connectivity index (χ0) is 44.5. The van der Waals surface area contributed by atoms with Gasteiger partial charge in [0, 0.05) is 24.5 Å². The molecule has 18 nitrogen and oxygen atoms in total. The number of aromatic nitrogens is 4. The molecule has 0 bridgehead atoms. The number of carbonyl (C=O) groups excluding carboxylic acids is 6. The maximum atomic E-state index is 14.0. The van der Waals surface area contributed by atoms with E-state index < -0.39 is 24.3 Å². The number of benzene rings is 4. The van der Waals surface area contributed by atoms with Crippen molar-refractivity contribution < 1.29 is 38.2 Å². The van der Waals surface area contributed by atoms with E-state index >= 15 is 0 Å². The molecule has 6 amide bonds. The van der Waals surface area contributed by atoms with Gasteiger partial charge in [-0.15, -0.1) is 0 Å². The molecule has 3 saturated heterocycles. The minimum Gasteiger partial charge on any atom is -0.453 e. The standard InChI is InChI=1S/C46H46N10O8/c1-63-45(61)51-39(27-11-5-3-6-12-27)43(59)53-21-9-15-35(53)41-47-31-19-17-29(23-33(31)49-41)55-25-38(58)56(26-37(55)57)30-18-20-32-34(24-30)50-42(48-32)36-16-10-22-54(36)44(60)40(52-46(62)64-2)28-13-7-4-8-14-28/h3-8,11-14,17-20,23-24,35-36,39-40H,9-10,15-16,21-22,25-26H2,1-2H3,(H,47,49)(H,48,50)(H,51,61)(H,52,62)/t35-,36-,39+,40+/m0/s1. The number of ether oxygens (including phenoxy) is 2. The Bertz CT molecular complexity index is 2570. The molecule has 0 radical (unpaired) electrons. The van der Waals surface area contributed by atoms with Crippen LogP contribution in [0.2, 0.25) is 0 Å². The van der Waals surface area contributed by atoms with Crippen molar-refractivity contribution in [1.82, 2.24) is 40.4 Å². The highest BCUT2D eigenvalue weighted by molar-refractivity contribution is 6.13. The highest BCUT2D eigenvalue weighted by atomic mass is 16.5. The van der Waals surface area contributed by atoms with Crippen LogP contribution in [0.1, 0.15) is 72.6 Å². The van der Waals surface area contributed by atoms with E-state index in [-0.39, 0.29) is 48.8 Å². The van der Waals surface area contributed by atoms with Crippen LogP contribution in [0.15, 0.2) is 97.1 Å². The molecule has 64 heavy (non-hydrogen) atoms. The summed E-state index contributed by atoms with van der Waals surface area (Å²) in [6.07, 6.45) is 1.35. The van der Waals surface area contributed by atoms with Crippen LogP contribution in [0, 0.1) is 0 Å². The number of nitrogens with one attached hydrogen (secondary N) is 4. The zero-order valence-corrected chi connectivity index (χ0v) is 35.2. The minimum absolute atomic E-state index is 0.197. The number of likely N-dealkylation sites (tertiary alicyclic amines) is 2. The molecule has 5 heterocycles. The van der Waals surface area contributed by atoms with Gasteiger partial charge in [0.1, 0.15) is 36.8 Å². The summed E-state index contributed by atoms with van der Waals surface area (Å²) in [5, 5.41) is 5.36. The Kier molecular flexibility index (Phi) is 11.4. The molecule has 18 heteroatoms. The van der Waals surface area contributed by atoms with Crippen LogP contribution in [0.4, 0.5) is 21.0 Å². The van der Waals surface area contributed by atoms with Gasteiger partial charge in [-0.25, -0.2) is 19.6 Å². The summed E-state index contributed by atoms with van der Waals surface area (Å²) in [6, 6.07) is 25.9. The van der Waals surface area contributed by atoms with Crippen LogP contribution in [0.5, 0.6) is 0 Å². The molecule has 0 spiro atoms. The molecule has 4 atom stereocenters. The molecular formula is C46H46N10O8. The minimum atomic E-state index is -0.954. The van der Waals surface area contributed by atoms with Crippen LogP contribution < -0.4 is 20.4 Å². The Morgan fingerprint density at radius 3 is 1.41 bits per heavy atom. The highest BCUT2D eigenvalue weighted by Gasteiger charge is 2.39. The lowest BCUT2D eigenvalue weighted by Gasteiger charge is -2.34. The van der Waals surface area contributed by atoms with E-state index in [9.17, 15) is 28.8 Å². The van der Waals surface area contributed by atoms with Crippen LogP contribution in [-0.2, 0) is 28.7 Å². The largest absolute Gasteiger partial charge is 0.453 e. The van der Waals surface area contributed by atoms with Crippen molar-refractivity contribution in [3.8, 4) is 0 Å². The van der Waals surface area contributed by atoms with E-state index in [0.717, 1.165) is 12.8 Å². The Balaban J connectivity index is 0.894. The third-order valence-corrected chi connectivity index (χ3v) is 12.1. The second kappa shape index (κ2) is 17.5. The third kappa shape index (κ3) is 8.05. The topological polar surface area (TPSA) is 215 Å². The molecule has 328 valence electrons. The van der Waals surface area contributed by atoms with Crippen molar-refractivity contribution in [2.75, 3.05) is 50.2 Å². The average Bonchev–Trinajstić information content (AvgIpc) is 4.16. The summed E-state index contributed by atoms with van der Waals surface area (Å²) in [5.41, 5.74) is 4.84. The van der Waals surface area contributed by atoms with E-state index in [0.29, 0.717) is 82.1 Å². The molecule has 3 fully saturated rings. The van der Waals surface area contributed by atoms with Crippen LogP contribution in [-0.4, -0.2) is 106 Å². The predicted molar refractivity (Wildman–Crippen MR) is 234 cm³/mol. The van der Waals surface area contributed by atoms with E-state index in [1.54, 1.807) is 94.7 Å². The Labute approximate surface area is 366 Å². The number of methoxy groups -OCH3 is 2. The van der Waals surface area contributed by atoms with E-state index in [2.05, 4.69) is 20.6 Å². The molecule has 6 aromatic rings. The SMILES string of the molecule is COC(=O)N[C@@H](C(=O)N1CCC[C@H]1c1nc2ccc(N3CC(=O)N(c4ccc5nc([C@@H]6CCCN6C(=O)[C@H](NC(=O)OC)c6ccccc6)[nH]c5c4)CC3=O)cc2[nH]1)c1ccccc1. The molecule has 4 N–H and O–H groups in total. The highest BCUT2D eigenvalue weighted by Crippen LogP contribution is 2.37. The molecule has 3 aliphatic heterocycles. The Hall–Kier alpha value is -7.76. The van der Waals surface area contributed by atoms with Crippen molar-refractivity contribution in [2.24, 2.45) is 0 Å². The number of carbonyl (C=O) groups is 6. The van der Waals surface area contributed by atoms with E-state index in [4.69, 9.17) is 19.4 Å². The number of hydrogen-bond donors (Lipinski definition) is 4. The summed E-state index contributed by atoms with van der Waals surface area (Å²) < 4.78 is 9.64. The van der Waals surface area contributed by atoms with Gasteiger partial charge < -0.3 is 49.7 Å². The number of imidazole rings is 2. The Morgan fingerprint density at radius 2 is 1.02 bits per heavy atom. The number of hydrogen-bond acceptors (Lipinski definition) is 10. The molecule has 3 aliphatic rings. The molecule has 9 rings (SSSR count). The zero-order valence-electron chi connectivity index (χ0n) is 35.2. The van der Waals surface area contributed by atoms with Crippen LogP contribution >= 0.6 is 0 Å². The summed E-state index contributed by atoms with van der Waals surface area (Å²) >= 11 is 0. The molecule has 2 aromatic heterocycles. The fraction of sp³-hybridized carbons (Fsp3) is 0.304. The smallest absolute Gasteiger partial charge is 0.407 e. The summed E-state index contributed by atoms with van der Waals surface area (Å²) in [5.74, 6) is 0.0136. The van der Waals surface area contributed by atoms with Gasteiger partial charge in [-0.3, -0.25) is 19.2 Å². The number of amides is 6. The van der Waals surface area contributed by atoms with Gasteiger partial charge in [-0.1, -0.05) is 60.7 Å². The van der Waals surface area contributed by atoms with Crippen molar-refractivity contribution in [2.45, 2.75) is 49.9 Å². The van der Waals surface area contributed by atoms with E-state index in [1.807, 2.05) is 12.1 Å². The van der Waals surface area contributed by atoms with Gasteiger partial charge in [0.05, 0.1) is 48.4 Å². The lowest BCUT2D eigenvalue weighted by Crippen LogP contribution is -2.54. The van der Waals surface area contributed by atoms with Gasteiger partial charge in [0.15, 0.2) is 0 Å².